The predicted octanol–water partition coefficient (Wildman–Crippen LogP) is 3.92. The third-order valence-electron chi connectivity index (χ3n) is 5.30. The van der Waals surface area contributed by atoms with Gasteiger partial charge in [0.2, 0.25) is 0 Å². The van der Waals surface area contributed by atoms with Gasteiger partial charge in [-0.25, -0.2) is 9.97 Å². The molecule has 2 aromatic heterocycles. The smallest absolute Gasteiger partial charge is 0.163 e. The molecule has 4 rings (SSSR count). The first-order chi connectivity index (χ1) is 12.1. The standard InChI is InChI=1S/C20H25N5/c1-12-13(2)22-19-17(12)20(23-16-10-8-15(21)9-11-16)25-18(24-19)14-6-4-3-5-7-14/h3-7,15-16H,8-11,21H2,1-2H3,(H2,22,23,24,25). The van der Waals surface area contributed by atoms with Crippen LogP contribution in [0.5, 0.6) is 0 Å². The maximum atomic E-state index is 6.05. The Kier molecular flexibility index (Phi) is 4.17. The number of nitrogens with zero attached hydrogens (tertiary/aromatic N) is 2. The Bertz CT molecular complexity index is 876. The molecule has 0 amide bonds. The third-order valence-corrected chi connectivity index (χ3v) is 5.30. The minimum absolute atomic E-state index is 0.347. The topological polar surface area (TPSA) is 79.6 Å². The molecule has 1 saturated carbocycles. The number of anilines is 1. The summed E-state index contributed by atoms with van der Waals surface area (Å²) in [5, 5.41) is 4.79. The summed E-state index contributed by atoms with van der Waals surface area (Å²) in [7, 11) is 0. The average Bonchev–Trinajstić information content (AvgIpc) is 2.92. The summed E-state index contributed by atoms with van der Waals surface area (Å²) in [5.74, 6) is 1.69. The van der Waals surface area contributed by atoms with Crippen molar-refractivity contribution in [1.29, 1.82) is 0 Å². The zero-order valence-corrected chi connectivity index (χ0v) is 14.8. The molecule has 5 heteroatoms. The zero-order chi connectivity index (χ0) is 17.4. The van der Waals surface area contributed by atoms with Gasteiger partial charge in [-0.15, -0.1) is 0 Å². The number of rotatable bonds is 3. The molecule has 0 unspecified atom stereocenters. The molecule has 2 heterocycles. The van der Waals surface area contributed by atoms with E-state index in [2.05, 4.69) is 24.1 Å². The lowest BCUT2D eigenvalue weighted by molar-refractivity contribution is 0.410. The Morgan fingerprint density at radius 2 is 1.76 bits per heavy atom. The second-order valence-corrected chi connectivity index (χ2v) is 7.12. The summed E-state index contributed by atoms with van der Waals surface area (Å²) in [6, 6.07) is 10.9. The number of hydrogen-bond acceptors (Lipinski definition) is 4. The normalized spacial score (nSPS) is 20.8. The van der Waals surface area contributed by atoms with Gasteiger partial charge in [0.15, 0.2) is 5.82 Å². The van der Waals surface area contributed by atoms with Crippen molar-refractivity contribution in [1.82, 2.24) is 15.0 Å². The Morgan fingerprint density at radius 1 is 1.04 bits per heavy atom. The average molecular weight is 335 g/mol. The lowest BCUT2D eigenvalue weighted by atomic mass is 9.92. The summed E-state index contributed by atoms with van der Waals surface area (Å²) in [6.07, 6.45) is 4.33. The molecule has 1 aromatic carbocycles. The Hall–Kier alpha value is -2.40. The van der Waals surface area contributed by atoms with Crippen LogP contribution in [-0.4, -0.2) is 27.0 Å². The third kappa shape index (κ3) is 3.12. The van der Waals surface area contributed by atoms with Crippen LogP contribution in [0.1, 0.15) is 36.9 Å². The van der Waals surface area contributed by atoms with E-state index in [1.807, 2.05) is 30.3 Å². The highest BCUT2D eigenvalue weighted by Gasteiger charge is 2.21. The molecule has 0 aliphatic heterocycles. The number of aromatic amines is 1. The van der Waals surface area contributed by atoms with Crippen LogP contribution in [0.15, 0.2) is 30.3 Å². The SMILES string of the molecule is Cc1[nH]c2nc(-c3ccccc3)nc(NC3CCC(N)CC3)c2c1C. The summed E-state index contributed by atoms with van der Waals surface area (Å²) in [6.45, 7) is 4.21. The van der Waals surface area contributed by atoms with Crippen molar-refractivity contribution in [3.63, 3.8) is 0 Å². The number of hydrogen-bond donors (Lipinski definition) is 3. The molecular weight excluding hydrogens is 310 g/mol. The van der Waals surface area contributed by atoms with Crippen LogP contribution in [0.25, 0.3) is 22.4 Å². The van der Waals surface area contributed by atoms with Gasteiger partial charge in [0.05, 0.1) is 5.39 Å². The largest absolute Gasteiger partial charge is 0.367 e. The Morgan fingerprint density at radius 3 is 2.48 bits per heavy atom. The van der Waals surface area contributed by atoms with Crippen LogP contribution in [0.2, 0.25) is 0 Å². The van der Waals surface area contributed by atoms with Crippen molar-refractivity contribution in [3.05, 3.63) is 41.6 Å². The van der Waals surface area contributed by atoms with Crippen molar-refractivity contribution in [2.45, 2.75) is 51.6 Å². The number of benzene rings is 1. The van der Waals surface area contributed by atoms with Crippen molar-refractivity contribution in [3.8, 4) is 11.4 Å². The van der Waals surface area contributed by atoms with Crippen LogP contribution in [-0.2, 0) is 0 Å². The number of aromatic nitrogens is 3. The molecule has 3 aromatic rings. The summed E-state index contributed by atoms with van der Waals surface area (Å²) in [5.41, 5.74) is 10.3. The molecule has 4 N–H and O–H groups in total. The lowest BCUT2D eigenvalue weighted by Crippen LogP contribution is -2.33. The Balaban J connectivity index is 1.77. The monoisotopic (exact) mass is 335 g/mol. The minimum Gasteiger partial charge on any atom is -0.367 e. The Labute approximate surface area is 148 Å². The molecule has 1 fully saturated rings. The fourth-order valence-electron chi connectivity index (χ4n) is 3.64. The molecule has 130 valence electrons. The van der Waals surface area contributed by atoms with E-state index >= 15 is 0 Å². The highest BCUT2D eigenvalue weighted by molar-refractivity contribution is 5.92. The van der Waals surface area contributed by atoms with Crippen molar-refractivity contribution in [2.75, 3.05) is 5.32 Å². The van der Waals surface area contributed by atoms with Gasteiger partial charge in [-0.2, -0.15) is 0 Å². The van der Waals surface area contributed by atoms with Gasteiger partial charge in [-0.05, 0) is 45.1 Å². The molecular formula is C20H25N5. The highest BCUT2D eigenvalue weighted by atomic mass is 15.1. The zero-order valence-electron chi connectivity index (χ0n) is 14.8. The molecule has 1 aliphatic rings. The summed E-state index contributed by atoms with van der Waals surface area (Å²) in [4.78, 5) is 13.1. The molecule has 0 atom stereocenters. The van der Waals surface area contributed by atoms with Gasteiger partial charge in [-0.3, -0.25) is 0 Å². The highest BCUT2D eigenvalue weighted by Crippen LogP contribution is 2.31. The number of nitrogens with two attached hydrogens (primary N) is 1. The molecule has 1 aliphatic carbocycles. The predicted molar refractivity (Wildman–Crippen MR) is 103 cm³/mol. The first-order valence-corrected chi connectivity index (χ1v) is 9.06. The molecule has 5 nitrogen and oxygen atoms in total. The maximum absolute atomic E-state index is 6.05. The second kappa shape index (κ2) is 6.48. The fraction of sp³-hybridized carbons (Fsp3) is 0.400. The lowest BCUT2D eigenvalue weighted by Gasteiger charge is -2.27. The van der Waals surface area contributed by atoms with E-state index in [4.69, 9.17) is 15.7 Å². The van der Waals surface area contributed by atoms with Gasteiger partial charge >= 0.3 is 0 Å². The fourth-order valence-corrected chi connectivity index (χ4v) is 3.64. The number of aryl methyl sites for hydroxylation is 2. The number of fused-ring (bicyclic) bond motifs is 1. The van der Waals surface area contributed by atoms with E-state index in [0.717, 1.165) is 59.6 Å². The van der Waals surface area contributed by atoms with E-state index in [1.165, 1.54) is 5.56 Å². The van der Waals surface area contributed by atoms with Crippen LogP contribution in [0.3, 0.4) is 0 Å². The number of nitrogens with one attached hydrogen (secondary N) is 2. The van der Waals surface area contributed by atoms with Crippen molar-refractivity contribution in [2.24, 2.45) is 5.73 Å². The molecule has 0 saturated heterocycles. The molecule has 0 bridgehead atoms. The first kappa shape index (κ1) is 16.1. The van der Waals surface area contributed by atoms with E-state index in [9.17, 15) is 0 Å². The second-order valence-electron chi connectivity index (χ2n) is 7.12. The van der Waals surface area contributed by atoms with Crippen LogP contribution >= 0.6 is 0 Å². The van der Waals surface area contributed by atoms with Crippen LogP contribution in [0, 0.1) is 13.8 Å². The van der Waals surface area contributed by atoms with Crippen molar-refractivity contribution < 1.29 is 0 Å². The molecule has 0 spiro atoms. The van der Waals surface area contributed by atoms with Crippen molar-refractivity contribution >= 4 is 16.9 Å². The van der Waals surface area contributed by atoms with Gasteiger partial charge in [-0.1, -0.05) is 30.3 Å². The summed E-state index contributed by atoms with van der Waals surface area (Å²) < 4.78 is 0. The minimum atomic E-state index is 0.347. The van der Waals surface area contributed by atoms with E-state index in [0.29, 0.717) is 12.1 Å². The van der Waals surface area contributed by atoms with Crippen LogP contribution < -0.4 is 11.1 Å². The molecule has 25 heavy (non-hydrogen) atoms. The van der Waals surface area contributed by atoms with Gasteiger partial charge < -0.3 is 16.0 Å². The van der Waals surface area contributed by atoms with Gasteiger partial charge in [0.25, 0.3) is 0 Å². The molecule has 0 radical (unpaired) electrons. The van der Waals surface area contributed by atoms with Gasteiger partial charge in [0, 0.05) is 23.3 Å². The maximum Gasteiger partial charge on any atom is 0.163 e. The summed E-state index contributed by atoms with van der Waals surface area (Å²) >= 11 is 0. The van der Waals surface area contributed by atoms with Gasteiger partial charge in [0.1, 0.15) is 11.5 Å². The van der Waals surface area contributed by atoms with Crippen LogP contribution in [0.4, 0.5) is 5.82 Å². The van der Waals surface area contributed by atoms with E-state index in [-0.39, 0.29) is 0 Å². The van der Waals surface area contributed by atoms with E-state index in [1.54, 1.807) is 0 Å². The van der Waals surface area contributed by atoms with E-state index < -0.39 is 0 Å². The quantitative estimate of drug-likeness (QED) is 0.678. The number of H-pyrrole nitrogens is 1. The first-order valence-electron chi connectivity index (χ1n) is 9.06.